The van der Waals surface area contributed by atoms with Crippen molar-refractivity contribution >= 4 is 17.5 Å². The van der Waals surface area contributed by atoms with Crippen molar-refractivity contribution in [1.82, 2.24) is 15.3 Å². The maximum atomic E-state index is 13.9. The number of nitrogens with one attached hydrogen (secondary N) is 2. The Balaban J connectivity index is 2.01. The maximum Gasteiger partial charge on any atom is 0.251 e. The van der Waals surface area contributed by atoms with Gasteiger partial charge in [0.2, 0.25) is 5.91 Å². The summed E-state index contributed by atoms with van der Waals surface area (Å²) >= 11 is 6.31. The van der Waals surface area contributed by atoms with E-state index in [1.807, 2.05) is 0 Å². The number of benzene rings is 2. The van der Waals surface area contributed by atoms with E-state index in [2.05, 4.69) is 15.3 Å². The highest BCUT2D eigenvalue weighted by Gasteiger charge is 2.12. The van der Waals surface area contributed by atoms with Crippen molar-refractivity contribution in [1.29, 1.82) is 0 Å². The van der Waals surface area contributed by atoms with Crippen molar-refractivity contribution in [3.8, 4) is 22.6 Å². The molecular weight excluding hydrogens is 381 g/mol. The highest BCUT2D eigenvalue weighted by Crippen LogP contribution is 2.28. The third-order valence-corrected chi connectivity index (χ3v) is 4.64. The molecule has 144 valence electrons. The molecule has 3 rings (SSSR count). The summed E-state index contributed by atoms with van der Waals surface area (Å²) < 4.78 is 13.9. The molecule has 7 heteroatoms. The Hall–Kier alpha value is -2.99. The van der Waals surface area contributed by atoms with Gasteiger partial charge in [-0.15, -0.1) is 0 Å². The zero-order valence-corrected chi connectivity index (χ0v) is 16.2. The Bertz CT molecular complexity index is 1100. The van der Waals surface area contributed by atoms with E-state index in [-0.39, 0.29) is 23.1 Å². The lowest BCUT2D eigenvalue weighted by Crippen LogP contribution is -2.21. The Morgan fingerprint density at radius 1 is 1.21 bits per heavy atom. The first-order valence-electron chi connectivity index (χ1n) is 8.80. The molecule has 5 nitrogen and oxygen atoms in total. The molecule has 1 heterocycles. The van der Waals surface area contributed by atoms with Crippen molar-refractivity contribution in [3.63, 3.8) is 0 Å². The van der Waals surface area contributed by atoms with Gasteiger partial charge in [0.25, 0.3) is 5.56 Å². The average molecular weight is 400 g/mol. The number of carbonyl (C=O) groups excluding carboxylic acids is 1. The first-order chi connectivity index (χ1) is 13.4. The van der Waals surface area contributed by atoms with E-state index in [0.717, 1.165) is 5.56 Å². The monoisotopic (exact) mass is 399 g/mol. The van der Waals surface area contributed by atoms with Crippen LogP contribution in [-0.4, -0.2) is 15.9 Å². The van der Waals surface area contributed by atoms with Crippen LogP contribution in [0.3, 0.4) is 0 Å². The van der Waals surface area contributed by atoms with Crippen LogP contribution in [0.1, 0.15) is 24.5 Å². The molecule has 2 aromatic carbocycles. The van der Waals surface area contributed by atoms with E-state index in [0.29, 0.717) is 40.4 Å². The number of halogens is 2. The summed E-state index contributed by atoms with van der Waals surface area (Å²) in [4.78, 5) is 30.8. The van der Waals surface area contributed by atoms with Gasteiger partial charge in [0.05, 0.1) is 10.7 Å². The lowest BCUT2D eigenvalue weighted by atomic mass is 10.1. The van der Waals surface area contributed by atoms with E-state index < -0.39 is 0 Å². The van der Waals surface area contributed by atoms with Gasteiger partial charge >= 0.3 is 0 Å². The highest BCUT2D eigenvalue weighted by atomic mass is 35.5. The van der Waals surface area contributed by atoms with Crippen molar-refractivity contribution < 1.29 is 9.18 Å². The molecule has 2 N–H and O–H groups in total. The second kappa shape index (κ2) is 8.35. The van der Waals surface area contributed by atoms with Crippen molar-refractivity contribution in [2.75, 3.05) is 0 Å². The predicted molar refractivity (Wildman–Crippen MR) is 108 cm³/mol. The molecule has 0 aliphatic carbocycles. The molecule has 0 aliphatic heterocycles. The minimum Gasteiger partial charge on any atom is -0.352 e. The van der Waals surface area contributed by atoms with Crippen molar-refractivity contribution in [3.05, 3.63) is 74.8 Å². The summed E-state index contributed by atoms with van der Waals surface area (Å²) in [5.74, 6) is -0.156. The number of aryl methyl sites for hydroxylation is 1. The fraction of sp³-hybridized carbons (Fsp3) is 0.190. The second-order valence-corrected chi connectivity index (χ2v) is 6.79. The Labute approximate surface area is 166 Å². The van der Waals surface area contributed by atoms with E-state index in [1.165, 1.54) is 12.1 Å². The third-order valence-electron chi connectivity index (χ3n) is 4.31. The van der Waals surface area contributed by atoms with Gasteiger partial charge in [-0.2, -0.15) is 0 Å². The molecular formula is C21H19ClFN3O2. The third kappa shape index (κ3) is 4.46. The van der Waals surface area contributed by atoms with Gasteiger partial charge in [0, 0.05) is 30.2 Å². The number of hydrogen-bond donors (Lipinski definition) is 2. The molecule has 0 spiro atoms. The van der Waals surface area contributed by atoms with Gasteiger partial charge in [-0.1, -0.05) is 36.7 Å². The summed E-state index contributed by atoms with van der Waals surface area (Å²) in [6.07, 6.45) is 0.393. The zero-order chi connectivity index (χ0) is 20.3. The molecule has 28 heavy (non-hydrogen) atoms. The lowest BCUT2D eigenvalue weighted by Gasteiger charge is -2.10. The number of hydrogen-bond acceptors (Lipinski definition) is 3. The maximum absolute atomic E-state index is 13.9. The van der Waals surface area contributed by atoms with E-state index >= 15 is 0 Å². The Morgan fingerprint density at radius 2 is 2.00 bits per heavy atom. The zero-order valence-electron chi connectivity index (χ0n) is 15.5. The number of H-pyrrole nitrogens is 1. The van der Waals surface area contributed by atoms with Gasteiger partial charge in [0.1, 0.15) is 11.6 Å². The molecule has 0 fully saturated rings. The van der Waals surface area contributed by atoms with Gasteiger partial charge in [-0.25, -0.2) is 9.37 Å². The lowest BCUT2D eigenvalue weighted by molar-refractivity contribution is -0.120. The SMILES string of the molecule is CCC(=O)NCc1ccc(Cl)c(-c2nc(-c3ccc(C)c(F)c3)cc(=O)[nH]2)c1. The van der Waals surface area contributed by atoms with E-state index in [9.17, 15) is 14.0 Å². The number of amides is 1. The number of carbonyl (C=O) groups is 1. The van der Waals surface area contributed by atoms with Gasteiger partial charge in [0.15, 0.2) is 0 Å². The summed E-state index contributed by atoms with van der Waals surface area (Å²) in [5, 5.41) is 3.19. The standard InChI is InChI=1S/C21H19ClFN3O2/c1-3-19(27)24-11-13-5-7-16(22)15(8-13)21-25-18(10-20(28)26-21)14-6-4-12(2)17(23)9-14/h4-10H,3,11H2,1-2H3,(H,24,27)(H,25,26,28). The number of aromatic amines is 1. The highest BCUT2D eigenvalue weighted by molar-refractivity contribution is 6.33. The Morgan fingerprint density at radius 3 is 2.71 bits per heavy atom. The molecule has 0 saturated heterocycles. The van der Waals surface area contributed by atoms with Crippen LogP contribution in [0.2, 0.25) is 5.02 Å². The molecule has 0 atom stereocenters. The summed E-state index contributed by atoms with van der Waals surface area (Å²) in [6.45, 7) is 3.78. The fourth-order valence-corrected chi connectivity index (χ4v) is 2.88. The molecule has 0 radical (unpaired) electrons. The van der Waals surface area contributed by atoms with E-state index in [1.54, 1.807) is 44.2 Å². The van der Waals surface area contributed by atoms with Gasteiger partial charge in [-0.05, 0) is 36.2 Å². The first kappa shape index (κ1) is 19.8. The van der Waals surface area contributed by atoms with Crippen LogP contribution >= 0.6 is 11.6 Å². The number of nitrogens with zero attached hydrogens (tertiary/aromatic N) is 1. The van der Waals surface area contributed by atoms with Gasteiger partial charge in [-0.3, -0.25) is 9.59 Å². The Kier molecular flexibility index (Phi) is 5.90. The molecule has 0 aliphatic rings. The van der Waals surface area contributed by atoms with Crippen LogP contribution < -0.4 is 10.9 Å². The van der Waals surface area contributed by atoms with E-state index in [4.69, 9.17) is 11.6 Å². The summed E-state index contributed by atoms with van der Waals surface area (Å²) in [7, 11) is 0. The topological polar surface area (TPSA) is 74.8 Å². The molecule has 0 saturated carbocycles. The smallest absolute Gasteiger partial charge is 0.251 e. The minimum atomic E-state index is -0.373. The van der Waals surface area contributed by atoms with Crippen LogP contribution in [0.15, 0.2) is 47.3 Å². The summed E-state index contributed by atoms with van der Waals surface area (Å²) in [6, 6.07) is 11.2. The number of aromatic nitrogens is 2. The normalized spacial score (nSPS) is 10.7. The molecule has 1 amide bonds. The first-order valence-corrected chi connectivity index (χ1v) is 9.18. The molecule has 0 bridgehead atoms. The molecule has 1 aromatic heterocycles. The van der Waals surface area contributed by atoms with Crippen LogP contribution in [0.5, 0.6) is 0 Å². The van der Waals surface area contributed by atoms with Crippen molar-refractivity contribution in [2.45, 2.75) is 26.8 Å². The summed E-state index contributed by atoms with van der Waals surface area (Å²) in [5.41, 5.74) is 2.32. The molecule has 3 aromatic rings. The van der Waals surface area contributed by atoms with Gasteiger partial charge < -0.3 is 10.3 Å². The predicted octanol–water partition coefficient (Wildman–Crippen LogP) is 4.23. The molecule has 0 unspecified atom stereocenters. The van der Waals surface area contributed by atoms with Crippen LogP contribution in [0.4, 0.5) is 4.39 Å². The van der Waals surface area contributed by atoms with Crippen LogP contribution in [0.25, 0.3) is 22.6 Å². The number of rotatable bonds is 5. The quantitative estimate of drug-likeness (QED) is 0.674. The largest absolute Gasteiger partial charge is 0.352 e. The van der Waals surface area contributed by atoms with Crippen molar-refractivity contribution in [2.24, 2.45) is 0 Å². The second-order valence-electron chi connectivity index (χ2n) is 6.39. The van der Waals surface area contributed by atoms with Crippen LogP contribution in [0, 0.1) is 12.7 Å². The van der Waals surface area contributed by atoms with Crippen LogP contribution in [-0.2, 0) is 11.3 Å². The fourth-order valence-electron chi connectivity index (χ4n) is 2.67. The minimum absolute atomic E-state index is 0.0635. The average Bonchev–Trinajstić information content (AvgIpc) is 2.68.